The number of rotatable bonds is 6. The minimum atomic E-state index is -0.732. The van der Waals surface area contributed by atoms with Crippen LogP contribution in [0.1, 0.15) is 24.3 Å². The summed E-state index contributed by atoms with van der Waals surface area (Å²) in [6, 6.07) is 17.2. The molecule has 0 bridgehead atoms. The second kappa shape index (κ2) is 7.91. The second-order valence-electron chi connectivity index (χ2n) is 7.32. The van der Waals surface area contributed by atoms with E-state index in [4.69, 9.17) is 14.2 Å². The summed E-state index contributed by atoms with van der Waals surface area (Å²) in [5.74, 6) is 0.249. The summed E-state index contributed by atoms with van der Waals surface area (Å²) in [5, 5.41) is 10.1. The molecule has 1 unspecified atom stereocenters. The summed E-state index contributed by atoms with van der Waals surface area (Å²) in [4.78, 5) is 14.5. The smallest absolute Gasteiger partial charge is 0.231 e. The SMILES string of the molecule is COc1ccc(CN2C(=O)[C@H]([C@H](C)O)[C@H]2[C@H]2COC(c3ccccc3)O2)cc1. The minimum Gasteiger partial charge on any atom is -0.497 e. The summed E-state index contributed by atoms with van der Waals surface area (Å²) < 4.78 is 17.2. The summed E-state index contributed by atoms with van der Waals surface area (Å²) in [6.45, 7) is 2.51. The van der Waals surface area contributed by atoms with Gasteiger partial charge < -0.3 is 24.2 Å². The Hall–Kier alpha value is -2.41. The number of amides is 1. The van der Waals surface area contributed by atoms with Gasteiger partial charge in [-0.2, -0.15) is 0 Å². The topological polar surface area (TPSA) is 68.2 Å². The van der Waals surface area contributed by atoms with Gasteiger partial charge in [0.05, 0.1) is 31.8 Å². The molecule has 1 N–H and O–H groups in total. The first-order valence-electron chi connectivity index (χ1n) is 9.52. The Bertz CT molecular complexity index is 807. The Morgan fingerprint density at radius 1 is 1.18 bits per heavy atom. The van der Waals surface area contributed by atoms with Crippen molar-refractivity contribution in [3.05, 3.63) is 65.7 Å². The molecular weight excluding hydrogens is 358 g/mol. The number of hydrogen-bond donors (Lipinski definition) is 1. The summed E-state index contributed by atoms with van der Waals surface area (Å²) in [5.41, 5.74) is 1.95. The van der Waals surface area contributed by atoms with Crippen molar-refractivity contribution in [2.45, 2.75) is 38.0 Å². The average Bonchev–Trinajstić information content (AvgIpc) is 3.20. The first-order chi connectivity index (χ1) is 13.6. The normalized spacial score (nSPS) is 28.1. The molecule has 0 saturated carbocycles. The van der Waals surface area contributed by atoms with Crippen molar-refractivity contribution >= 4 is 5.91 Å². The van der Waals surface area contributed by atoms with Crippen LogP contribution in [-0.2, 0) is 20.8 Å². The molecular formula is C22H25NO5. The Morgan fingerprint density at radius 3 is 2.54 bits per heavy atom. The molecule has 2 aromatic carbocycles. The highest BCUT2D eigenvalue weighted by atomic mass is 16.7. The number of β-lactam (4-membered cyclic amide) rings is 1. The fourth-order valence-corrected chi connectivity index (χ4v) is 4.01. The Morgan fingerprint density at radius 2 is 1.89 bits per heavy atom. The first kappa shape index (κ1) is 18.9. The number of carbonyl (C=O) groups excluding carboxylic acids is 1. The van der Waals surface area contributed by atoms with Crippen LogP contribution in [0.4, 0.5) is 0 Å². The van der Waals surface area contributed by atoms with Crippen LogP contribution in [0, 0.1) is 5.92 Å². The van der Waals surface area contributed by atoms with E-state index in [0.29, 0.717) is 13.2 Å². The van der Waals surface area contributed by atoms with E-state index >= 15 is 0 Å². The van der Waals surface area contributed by atoms with E-state index < -0.39 is 18.3 Å². The van der Waals surface area contributed by atoms with Gasteiger partial charge in [-0.15, -0.1) is 0 Å². The van der Waals surface area contributed by atoms with Gasteiger partial charge in [0.1, 0.15) is 11.9 Å². The summed E-state index contributed by atoms with van der Waals surface area (Å²) in [6.07, 6.45) is -1.45. The highest BCUT2D eigenvalue weighted by Gasteiger charge is 2.55. The monoisotopic (exact) mass is 383 g/mol. The number of carbonyl (C=O) groups is 1. The predicted octanol–water partition coefficient (Wildman–Crippen LogP) is 2.52. The van der Waals surface area contributed by atoms with Crippen LogP contribution >= 0.6 is 0 Å². The lowest BCUT2D eigenvalue weighted by atomic mass is 9.79. The van der Waals surface area contributed by atoms with Crippen LogP contribution in [0.5, 0.6) is 5.75 Å². The maximum absolute atomic E-state index is 12.7. The molecule has 0 aliphatic carbocycles. The molecule has 0 radical (unpaired) electrons. The van der Waals surface area contributed by atoms with Gasteiger partial charge in [-0.05, 0) is 24.6 Å². The second-order valence-corrected chi connectivity index (χ2v) is 7.32. The number of benzene rings is 2. The van der Waals surface area contributed by atoms with Crippen molar-refractivity contribution in [1.82, 2.24) is 4.90 Å². The van der Waals surface area contributed by atoms with Crippen molar-refractivity contribution in [3.8, 4) is 5.75 Å². The van der Waals surface area contributed by atoms with E-state index in [1.54, 1.807) is 18.9 Å². The van der Waals surface area contributed by atoms with Gasteiger partial charge in [0, 0.05) is 12.1 Å². The Balaban J connectivity index is 1.49. The quantitative estimate of drug-likeness (QED) is 0.777. The van der Waals surface area contributed by atoms with Crippen LogP contribution in [0.25, 0.3) is 0 Å². The van der Waals surface area contributed by atoms with Gasteiger partial charge in [0.2, 0.25) is 5.91 Å². The van der Waals surface area contributed by atoms with Crippen LogP contribution < -0.4 is 4.74 Å². The molecule has 2 aliphatic heterocycles. The van der Waals surface area contributed by atoms with Crippen molar-refractivity contribution in [1.29, 1.82) is 0 Å². The zero-order chi connectivity index (χ0) is 19.7. The standard InChI is InChI=1S/C22H25NO5/c1-14(24)19-20(18-13-27-22(28-18)16-6-4-3-5-7-16)23(21(19)25)12-15-8-10-17(26-2)11-9-15/h3-11,14,18-20,22,24H,12-13H2,1-2H3/t14-,18+,19+,20+,22?/m0/s1. The molecule has 2 fully saturated rings. The van der Waals surface area contributed by atoms with Gasteiger partial charge in [-0.3, -0.25) is 4.79 Å². The van der Waals surface area contributed by atoms with Crippen LogP contribution in [0.2, 0.25) is 0 Å². The van der Waals surface area contributed by atoms with E-state index in [1.165, 1.54) is 0 Å². The van der Waals surface area contributed by atoms with Gasteiger partial charge in [-0.1, -0.05) is 42.5 Å². The fraction of sp³-hybridized carbons (Fsp3) is 0.409. The van der Waals surface area contributed by atoms with Crippen molar-refractivity contribution in [3.63, 3.8) is 0 Å². The molecule has 2 heterocycles. The zero-order valence-corrected chi connectivity index (χ0v) is 16.0. The predicted molar refractivity (Wildman–Crippen MR) is 103 cm³/mol. The molecule has 2 aromatic rings. The van der Waals surface area contributed by atoms with Gasteiger partial charge in [0.15, 0.2) is 6.29 Å². The molecule has 28 heavy (non-hydrogen) atoms. The van der Waals surface area contributed by atoms with Crippen LogP contribution in [-0.4, -0.2) is 47.9 Å². The molecule has 6 nitrogen and oxygen atoms in total. The van der Waals surface area contributed by atoms with E-state index in [0.717, 1.165) is 16.9 Å². The van der Waals surface area contributed by atoms with Crippen LogP contribution in [0.15, 0.2) is 54.6 Å². The first-order valence-corrected chi connectivity index (χ1v) is 9.52. The third-order valence-electron chi connectivity index (χ3n) is 5.49. The molecule has 5 atom stereocenters. The van der Waals surface area contributed by atoms with Crippen LogP contribution in [0.3, 0.4) is 0 Å². The maximum Gasteiger partial charge on any atom is 0.231 e. The number of methoxy groups -OCH3 is 1. The Kier molecular flexibility index (Phi) is 5.35. The van der Waals surface area contributed by atoms with E-state index in [2.05, 4.69) is 0 Å². The molecule has 148 valence electrons. The number of aliphatic hydroxyl groups excluding tert-OH is 1. The number of hydrogen-bond acceptors (Lipinski definition) is 5. The summed E-state index contributed by atoms with van der Waals surface area (Å²) in [7, 11) is 1.62. The van der Waals surface area contributed by atoms with Gasteiger partial charge >= 0.3 is 0 Å². The lowest BCUT2D eigenvalue weighted by Gasteiger charge is -2.50. The minimum absolute atomic E-state index is 0.0532. The molecule has 0 spiro atoms. The number of ether oxygens (including phenoxy) is 3. The molecule has 4 rings (SSSR count). The van der Waals surface area contributed by atoms with Crippen molar-refractivity contribution in [2.75, 3.05) is 13.7 Å². The van der Waals surface area contributed by atoms with Crippen molar-refractivity contribution < 1.29 is 24.1 Å². The average molecular weight is 383 g/mol. The highest BCUT2D eigenvalue weighted by molar-refractivity contribution is 5.87. The van der Waals surface area contributed by atoms with E-state index in [9.17, 15) is 9.90 Å². The molecule has 6 heteroatoms. The zero-order valence-electron chi connectivity index (χ0n) is 16.0. The Labute approximate surface area is 164 Å². The molecule has 2 aliphatic rings. The molecule has 0 aromatic heterocycles. The van der Waals surface area contributed by atoms with Gasteiger partial charge in [0.25, 0.3) is 0 Å². The molecule has 1 amide bonds. The lowest BCUT2D eigenvalue weighted by molar-refractivity contribution is -0.178. The van der Waals surface area contributed by atoms with Crippen molar-refractivity contribution in [2.24, 2.45) is 5.92 Å². The largest absolute Gasteiger partial charge is 0.497 e. The third kappa shape index (κ3) is 3.51. The fourth-order valence-electron chi connectivity index (χ4n) is 4.01. The molecule has 2 saturated heterocycles. The van der Waals surface area contributed by atoms with E-state index in [1.807, 2.05) is 54.6 Å². The maximum atomic E-state index is 12.7. The number of nitrogens with zero attached hydrogens (tertiary/aromatic N) is 1. The lowest BCUT2D eigenvalue weighted by Crippen LogP contribution is -2.68. The third-order valence-corrected chi connectivity index (χ3v) is 5.49. The van der Waals surface area contributed by atoms with Gasteiger partial charge in [-0.25, -0.2) is 0 Å². The highest BCUT2D eigenvalue weighted by Crippen LogP contribution is 2.39. The number of likely N-dealkylation sites (tertiary alicyclic amines) is 1. The summed E-state index contributed by atoms with van der Waals surface area (Å²) >= 11 is 0. The number of aliphatic hydroxyl groups is 1. The van der Waals surface area contributed by atoms with E-state index in [-0.39, 0.29) is 18.1 Å².